The molecule has 0 amide bonds. The molecule has 0 aromatic heterocycles. The minimum absolute atomic E-state index is 0.249. The summed E-state index contributed by atoms with van der Waals surface area (Å²) in [7, 11) is 1.73. The molecule has 28 heavy (non-hydrogen) atoms. The smallest absolute Gasteiger partial charge is 0.123 e. The third kappa shape index (κ3) is 4.66. The molecule has 4 rings (SSSR count). The predicted octanol–water partition coefficient (Wildman–Crippen LogP) is 3.14. The molecule has 1 atom stereocenters. The fraction of sp³-hybridized carbons (Fsp3) is 0.478. The Hall–Kier alpha value is -2.08. The SMILES string of the molecule is COc1cc2c(cc1CNCc1ccc(CN3CCOCC3)cc1)O[C@@H](C)C2. The average Bonchev–Trinajstić information content (AvgIpc) is 3.08. The first-order valence-electron chi connectivity index (χ1n) is 10.2. The van der Waals surface area contributed by atoms with Gasteiger partial charge in [-0.3, -0.25) is 4.90 Å². The van der Waals surface area contributed by atoms with Gasteiger partial charge in [0, 0.05) is 50.3 Å². The maximum atomic E-state index is 5.89. The largest absolute Gasteiger partial charge is 0.496 e. The van der Waals surface area contributed by atoms with Gasteiger partial charge in [0.05, 0.1) is 20.3 Å². The molecule has 2 aromatic carbocycles. The molecule has 2 aliphatic heterocycles. The number of hydrogen-bond donors (Lipinski definition) is 1. The summed E-state index contributed by atoms with van der Waals surface area (Å²) in [6.45, 7) is 8.42. The number of ether oxygens (including phenoxy) is 3. The van der Waals surface area contributed by atoms with Gasteiger partial charge in [-0.25, -0.2) is 0 Å². The van der Waals surface area contributed by atoms with E-state index in [1.54, 1.807) is 7.11 Å². The van der Waals surface area contributed by atoms with E-state index in [0.717, 1.165) is 69.4 Å². The van der Waals surface area contributed by atoms with Gasteiger partial charge in [-0.15, -0.1) is 0 Å². The van der Waals surface area contributed by atoms with Gasteiger partial charge in [0.2, 0.25) is 0 Å². The van der Waals surface area contributed by atoms with Crippen molar-refractivity contribution < 1.29 is 14.2 Å². The summed E-state index contributed by atoms with van der Waals surface area (Å²) in [6.07, 6.45) is 1.20. The molecule has 0 unspecified atom stereocenters. The van der Waals surface area contributed by atoms with Crippen molar-refractivity contribution in [2.45, 2.75) is 39.1 Å². The minimum atomic E-state index is 0.249. The van der Waals surface area contributed by atoms with Gasteiger partial charge < -0.3 is 19.5 Å². The van der Waals surface area contributed by atoms with Crippen LogP contribution in [0, 0.1) is 0 Å². The Morgan fingerprint density at radius 1 is 1.07 bits per heavy atom. The highest BCUT2D eigenvalue weighted by Crippen LogP contribution is 2.34. The molecule has 1 N–H and O–H groups in total. The summed E-state index contributed by atoms with van der Waals surface area (Å²) in [6, 6.07) is 13.1. The van der Waals surface area contributed by atoms with Gasteiger partial charge in [0.15, 0.2) is 0 Å². The van der Waals surface area contributed by atoms with Crippen LogP contribution in [0.3, 0.4) is 0 Å². The molecule has 150 valence electrons. The predicted molar refractivity (Wildman–Crippen MR) is 110 cm³/mol. The van der Waals surface area contributed by atoms with Crippen LogP contribution in [0.5, 0.6) is 11.5 Å². The molecule has 0 radical (unpaired) electrons. The molecular weight excluding hydrogens is 352 g/mol. The van der Waals surface area contributed by atoms with E-state index in [4.69, 9.17) is 14.2 Å². The van der Waals surface area contributed by atoms with Crippen LogP contribution in [0.4, 0.5) is 0 Å². The summed E-state index contributed by atoms with van der Waals surface area (Å²) in [5.74, 6) is 1.93. The van der Waals surface area contributed by atoms with E-state index in [0.29, 0.717) is 0 Å². The molecule has 2 aromatic rings. The van der Waals surface area contributed by atoms with Crippen molar-refractivity contribution >= 4 is 0 Å². The number of morpholine rings is 1. The van der Waals surface area contributed by atoms with Crippen molar-refractivity contribution in [2.75, 3.05) is 33.4 Å². The van der Waals surface area contributed by atoms with E-state index >= 15 is 0 Å². The lowest BCUT2D eigenvalue weighted by atomic mass is 10.1. The maximum Gasteiger partial charge on any atom is 0.123 e. The highest BCUT2D eigenvalue weighted by atomic mass is 16.5. The van der Waals surface area contributed by atoms with Gasteiger partial charge in [-0.05, 0) is 30.2 Å². The molecule has 0 bridgehead atoms. The number of nitrogens with one attached hydrogen (secondary N) is 1. The molecule has 2 aliphatic rings. The number of nitrogens with zero attached hydrogens (tertiary/aromatic N) is 1. The second kappa shape index (κ2) is 8.95. The van der Waals surface area contributed by atoms with Gasteiger partial charge in [-0.2, -0.15) is 0 Å². The van der Waals surface area contributed by atoms with Crippen molar-refractivity contribution in [3.63, 3.8) is 0 Å². The summed E-state index contributed by atoms with van der Waals surface area (Å²) < 4.78 is 16.9. The van der Waals surface area contributed by atoms with Gasteiger partial charge in [0.25, 0.3) is 0 Å². The second-order valence-electron chi connectivity index (χ2n) is 7.71. The van der Waals surface area contributed by atoms with Crippen LogP contribution in [0.2, 0.25) is 0 Å². The van der Waals surface area contributed by atoms with Gasteiger partial charge in [0.1, 0.15) is 17.6 Å². The van der Waals surface area contributed by atoms with E-state index < -0.39 is 0 Å². The van der Waals surface area contributed by atoms with Gasteiger partial charge >= 0.3 is 0 Å². The normalized spacial score (nSPS) is 19.3. The van der Waals surface area contributed by atoms with Crippen LogP contribution in [0.1, 0.15) is 29.2 Å². The summed E-state index contributed by atoms with van der Waals surface area (Å²) >= 11 is 0. The number of methoxy groups -OCH3 is 1. The first-order chi connectivity index (χ1) is 13.7. The Bertz CT molecular complexity index is 785. The second-order valence-corrected chi connectivity index (χ2v) is 7.71. The molecule has 1 saturated heterocycles. The number of fused-ring (bicyclic) bond motifs is 1. The first kappa shape index (κ1) is 19.2. The average molecular weight is 383 g/mol. The van der Waals surface area contributed by atoms with Crippen molar-refractivity contribution in [3.8, 4) is 11.5 Å². The van der Waals surface area contributed by atoms with Crippen LogP contribution < -0.4 is 14.8 Å². The lowest BCUT2D eigenvalue weighted by Gasteiger charge is -2.26. The monoisotopic (exact) mass is 382 g/mol. The first-order valence-corrected chi connectivity index (χ1v) is 10.2. The topological polar surface area (TPSA) is 43.0 Å². The van der Waals surface area contributed by atoms with Crippen LogP contribution in [-0.2, 0) is 30.8 Å². The quantitative estimate of drug-likeness (QED) is 0.797. The Labute approximate surface area is 167 Å². The summed E-state index contributed by atoms with van der Waals surface area (Å²) in [5, 5.41) is 3.53. The van der Waals surface area contributed by atoms with Crippen LogP contribution in [0.15, 0.2) is 36.4 Å². The Morgan fingerprint density at radius 2 is 1.82 bits per heavy atom. The van der Waals surface area contributed by atoms with E-state index in [1.165, 1.54) is 16.7 Å². The Balaban J connectivity index is 1.31. The number of benzene rings is 2. The Kier molecular flexibility index (Phi) is 6.15. The van der Waals surface area contributed by atoms with Gasteiger partial charge in [-0.1, -0.05) is 24.3 Å². The zero-order valence-corrected chi connectivity index (χ0v) is 16.9. The molecule has 0 saturated carbocycles. The molecule has 0 spiro atoms. The minimum Gasteiger partial charge on any atom is -0.496 e. The van der Waals surface area contributed by atoms with E-state index in [9.17, 15) is 0 Å². The van der Waals surface area contributed by atoms with E-state index in [1.807, 2.05) is 0 Å². The lowest BCUT2D eigenvalue weighted by molar-refractivity contribution is 0.0342. The molecule has 5 nitrogen and oxygen atoms in total. The third-order valence-corrected chi connectivity index (χ3v) is 5.48. The van der Waals surface area contributed by atoms with Crippen molar-refractivity contribution in [2.24, 2.45) is 0 Å². The lowest BCUT2D eigenvalue weighted by Crippen LogP contribution is -2.35. The highest BCUT2D eigenvalue weighted by Gasteiger charge is 2.21. The van der Waals surface area contributed by atoms with Crippen molar-refractivity contribution in [1.82, 2.24) is 10.2 Å². The zero-order valence-electron chi connectivity index (χ0n) is 16.9. The maximum absolute atomic E-state index is 5.89. The molecule has 1 fully saturated rings. The standard InChI is InChI=1S/C23H30N2O3/c1-17-11-20-12-22(26-2)21(13-23(20)28-17)15-24-14-18-3-5-19(6-4-18)16-25-7-9-27-10-8-25/h3-6,12-13,17,24H,7-11,14-16H2,1-2H3/t17-/m0/s1. The van der Waals surface area contributed by atoms with Crippen LogP contribution in [0.25, 0.3) is 0 Å². The van der Waals surface area contributed by atoms with Crippen LogP contribution in [-0.4, -0.2) is 44.4 Å². The van der Waals surface area contributed by atoms with E-state index in [-0.39, 0.29) is 6.10 Å². The van der Waals surface area contributed by atoms with E-state index in [2.05, 4.69) is 53.5 Å². The molecule has 5 heteroatoms. The summed E-state index contributed by atoms with van der Waals surface area (Å²) in [4.78, 5) is 2.44. The highest BCUT2D eigenvalue weighted by molar-refractivity contribution is 5.48. The number of rotatable bonds is 7. The number of hydrogen-bond acceptors (Lipinski definition) is 5. The fourth-order valence-electron chi connectivity index (χ4n) is 3.93. The van der Waals surface area contributed by atoms with Crippen molar-refractivity contribution in [1.29, 1.82) is 0 Å². The fourth-order valence-corrected chi connectivity index (χ4v) is 3.93. The summed E-state index contributed by atoms with van der Waals surface area (Å²) in [5.41, 5.74) is 5.02. The Morgan fingerprint density at radius 3 is 2.57 bits per heavy atom. The molecular formula is C23H30N2O3. The third-order valence-electron chi connectivity index (χ3n) is 5.48. The molecule has 2 heterocycles. The van der Waals surface area contributed by atoms with Crippen LogP contribution >= 0.6 is 0 Å². The zero-order chi connectivity index (χ0) is 19.3. The van der Waals surface area contributed by atoms with Crippen molar-refractivity contribution in [3.05, 3.63) is 58.7 Å². The molecule has 0 aliphatic carbocycles.